The molecule has 7 heteroatoms. The van der Waals surface area contributed by atoms with Crippen molar-refractivity contribution >= 4 is 23.1 Å². The quantitative estimate of drug-likeness (QED) is 0.822. The number of benzene rings is 1. The number of amides is 1. The lowest BCUT2D eigenvalue weighted by atomic mass is 10.2. The van der Waals surface area contributed by atoms with Crippen LogP contribution in [0.15, 0.2) is 30.3 Å². The first-order valence-corrected chi connectivity index (χ1v) is 6.10. The van der Waals surface area contributed by atoms with Crippen LogP contribution in [0.4, 0.5) is 0 Å². The largest absolute Gasteiger partial charge is 0.423 e. The van der Waals surface area contributed by atoms with Crippen molar-refractivity contribution in [1.82, 2.24) is 9.97 Å². The lowest BCUT2D eigenvalue weighted by molar-refractivity contribution is 0.0998. The zero-order valence-electron chi connectivity index (χ0n) is 10.7. The molecule has 1 aromatic carbocycles. The highest BCUT2D eigenvalue weighted by atomic mass is 32.1. The molecule has 0 atom stereocenters. The predicted octanol–water partition coefficient (Wildman–Crippen LogP) is 1.31. The maximum absolute atomic E-state index is 11.3. The van der Waals surface area contributed by atoms with Gasteiger partial charge in [0, 0.05) is 5.69 Å². The summed E-state index contributed by atoms with van der Waals surface area (Å²) in [6.45, 7) is 1.76. The van der Waals surface area contributed by atoms with Crippen molar-refractivity contribution in [2.75, 3.05) is 0 Å². The van der Waals surface area contributed by atoms with E-state index in [0.717, 1.165) is 0 Å². The second kappa shape index (κ2) is 5.62. The molecule has 1 aromatic heterocycles. The lowest BCUT2D eigenvalue weighted by Crippen LogP contribution is -2.14. The molecule has 0 spiro atoms. The fourth-order valence-corrected chi connectivity index (χ4v) is 1.68. The van der Waals surface area contributed by atoms with Gasteiger partial charge in [-0.3, -0.25) is 4.79 Å². The lowest BCUT2D eigenvalue weighted by Gasteiger charge is -2.09. The molecule has 0 saturated heterocycles. The van der Waals surface area contributed by atoms with Gasteiger partial charge in [-0.15, -0.1) is 0 Å². The Kier molecular flexibility index (Phi) is 3.90. The third-order valence-electron chi connectivity index (χ3n) is 2.44. The number of nitrogens with zero attached hydrogens (tertiary/aromatic N) is 2. The Balaban J connectivity index is 2.40. The number of primary amides is 1. The molecule has 0 fully saturated rings. The Morgan fingerprint density at radius 3 is 2.60 bits per heavy atom. The van der Waals surface area contributed by atoms with Crippen LogP contribution in [0.2, 0.25) is 0 Å². The van der Waals surface area contributed by atoms with Crippen LogP contribution in [-0.2, 0) is 0 Å². The van der Waals surface area contributed by atoms with E-state index in [-0.39, 0.29) is 22.3 Å². The molecule has 0 unspecified atom stereocenters. The molecule has 0 saturated carbocycles. The minimum Gasteiger partial charge on any atom is -0.423 e. The van der Waals surface area contributed by atoms with E-state index in [1.807, 2.05) is 0 Å². The number of nitrogens with two attached hydrogens (primary N) is 2. The summed E-state index contributed by atoms with van der Waals surface area (Å²) in [5, 5.41) is 0. The molecule has 0 aliphatic carbocycles. The van der Waals surface area contributed by atoms with E-state index in [1.54, 1.807) is 37.3 Å². The van der Waals surface area contributed by atoms with Gasteiger partial charge in [-0.25, -0.2) is 4.98 Å². The second-order valence-electron chi connectivity index (χ2n) is 4.00. The Labute approximate surface area is 120 Å². The SMILES string of the molecule is Cc1cc(C(N)=S)nc(Oc2ccccc2C(N)=O)n1. The highest BCUT2D eigenvalue weighted by Gasteiger charge is 2.12. The van der Waals surface area contributed by atoms with Crippen LogP contribution in [0.3, 0.4) is 0 Å². The van der Waals surface area contributed by atoms with Gasteiger partial charge in [-0.2, -0.15) is 4.98 Å². The third-order valence-corrected chi connectivity index (χ3v) is 2.65. The highest BCUT2D eigenvalue weighted by molar-refractivity contribution is 7.80. The van der Waals surface area contributed by atoms with Crippen molar-refractivity contribution in [2.24, 2.45) is 11.5 Å². The molecule has 2 aromatic rings. The van der Waals surface area contributed by atoms with E-state index in [0.29, 0.717) is 11.4 Å². The van der Waals surface area contributed by atoms with Gasteiger partial charge >= 0.3 is 6.01 Å². The maximum Gasteiger partial charge on any atom is 0.322 e. The van der Waals surface area contributed by atoms with Gasteiger partial charge in [0.2, 0.25) is 0 Å². The van der Waals surface area contributed by atoms with Gasteiger partial charge in [-0.1, -0.05) is 24.4 Å². The average molecular weight is 288 g/mol. The van der Waals surface area contributed by atoms with Crippen LogP contribution in [0.5, 0.6) is 11.8 Å². The van der Waals surface area contributed by atoms with Gasteiger partial charge in [0.1, 0.15) is 16.4 Å². The molecule has 1 amide bonds. The molecule has 0 aliphatic rings. The molecule has 0 aliphatic heterocycles. The summed E-state index contributed by atoms with van der Waals surface area (Å²) in [5.74, 6) is -0.317. The summed E-state index contributed by atoms with van der Waals surface area (Å²) in [4.78, 5) is 19.6. The van der Waals surface area contributed by atoms with E-state index in [2.05, 4.69) is 9.97 Å². The fourth-order valence-electron chi connectivity index (χ4n) is 1.57. The summed E-state index contributed by atoms with van der Waals surface area (Å²) in [6, 6.07) is 8.27. The molecule has 2 rings (SSSR count). The van der Waals surface area contributed by atoms with Crippen LogP contribution < -0.4 is 16.2 Å². The van der Waals surface area contributed by atoms with Gasteiger partial charge in [-0.05, 0) is 25.1 Å². The summed E-state index contributed by atoms with van der Waals surface area (Å²) >= 11 is 4.87. The van der Waals surface area contributed by atoms with Crippen molar-refractivity contribution < 1.29 is 9.53 Å². The highest BCUT2D eigenvalue weighted by Crippen LogP contribution is 2.22. The molecular formula is C13H12N4O2S. The van der Waals surface area contributed by atoms with E-state index in [4.69, 9.17) is 28.4 Å². The molecule has 0 bridgehead atoms. The minimum atomic E-state index is -0.595. The van der Waals surface area contributed by atoms with Crippen LogP contribution in [-0.4, -0.2) is 20.9 Å². The number of thiocarbonyl (C=S) groups is 1. The average Bonchev–Trinajstić information content (AvgIpc) is 2.38. The zero-order chi connectivity index (χ0) is 14.7. The van der Waals surface area contributed by atoms with Crippen LogP contribution in [0.25, 0.3) is 0 Å². The first-order chi connectivity index (χ1) is 9.47. The summed E-state index contributed by atoms with van der Waals surface area (Å²) in [7, 11) is 0. The van der Waals surface area contributed by atoms with Gasteiger partial charge < -0.3 is 16.2 Å². The van der Waals surface area contributed by atoms with E-state index in [1.165, 1.54) is 0 Å². The number of aryl methyl sites for hydroxylation is 1. The zero-order valence-corrected chi connectivity index (χ0v) is 11.5. The predicted molar refractivity (Wildman–Crippen MR) is 77.7 cm³/mol. The summed E-state index contributed by atoms with van der Waals surface area (Å²) < 4.78 is 5.50. The van der Waals surface area contributed by atoms with Gasteiger partial charge in [0.05, 0.1) is 5.56 Å². The first-order valence-electron chi connectivity index (χ1n) is 5.69. The number of aromatic nitrogens is 2. The molecule has 4 N–H and O–H groups in total. The smallest absolute Gasteiger partial charge is 0.322 e. The van der Waals surface area contributed by atoms with Crippen molar-refractivity contribution in [3.05, 3.63) is 47.3 Å². The molecular weight excluding hydrogens is 276 g/mol. The van der Waals surface area contributed by atoms with Crippen molar-refractivity contribution in [3.8, 4) is 11.8 Å². The van der Waals surface area contributed by atoms with Crippen molar-refractivity contribution in [1.29, 1.82) is 0 Å². The Hall–Kier alpha value is -2.54. The number of ether oxygens (including phenoxy) is 1. The maximum atomic E-state index is 11.3. The van der Waals surface area contributed by atoms with Crippen molar-refractivity contribution in [3.63, 3.8) is 0 Å². The van der Waals surface area contributed by atoms with Crippen molar-refractivity contribution in [2.45, 2.75) is 6.92 Å². The standard InChI is InChI=1S/C13H12N4O2S/c1-7-6-9(12(15)20)17-13(16-7)19-10-5-3-2-4-8(10)11(14)18/h2-6H,1H3,(H2,14,18)(H2,15,20). The molecule has 6 nitrogen and oxygen atoms in total. The second-order valence-corrected chi connectivity index (χ2v) is 4.44. The van der Waals surface area contributed by atoms with E-state index < -0.39 is 5.91 Å². The monoisotopic (exact) mass is 288 g/mol. The number of carbonyl (C=O) groups excluding carboxylic acids is 1. The van der Waals surface area contributed by atoms with Gasteiger partial charge in [0.25, 0.3) is 5.91 Å². The Bertz CT molecular complexity index is 688. The third kappa shape index (κ3) is 3.07. The first kappa shape index (κ1) is 13.9. The number of carbonyl (C=O) groups is 1. The molecule has 20 heavy (non-hydrogen) atoms. The summed E-state index contributed by atoms with van der Waals surface area (Å²) in [5.41, 5.74) is 12.1. The van der Waals surface area contributed by atoms with E-state index >= 15 is 0 Å². The number of hydrogen-bond donors (Lipinski definition) is 2. The number of para-hydroxylation sites is 1. The van der Waals surface area contributed by atoms with Crippen LogP contribution in [0.1, 0.15) is 21.7 Å². The normalized spacial score (nSPS) is 10.1. The molecule has 102 valence electrons. The van der Waals surface area contributed by atoms with Crippen LogP contribution >= 0.6 is 12.2 Å². The van der Waals surface area contributed by atoms with Gasteiger partial charge in [0.15, 0.2) is 0 Å². The molecule has 0 radical (unpaired) electrons. The van der Waals surface area contributed by atoms with Crippen LogP contribution in [0, 0.1) is 6.92 Å². The number of hydrogen-bond acceptors (Lipinski definition) is 5. The minimum absolute atomic E-state index is 0.0569. The van der Waals surface area contributed by atoms with E-state index in [9.17, 15) is 4.79 Å². The Morgan fingerprint density at radius 2 is 1.95 bits per heavy atom. The molecule has 1 heterocycles. The Morgan fingerprint density at radius 1 is 1.25 bits per heavy atom. The fraction of sp³-hybridized carbons (Fsp3) is 0.0769. The topological polar surface area (TPSA) is 104 Å². The number of rotatable bonds is 4. The summed E-state index contributed by atoms with van der Waals surface area (Å²) in [6.07, 6.45) is 0.